The van der Waals surface area contributed by atoms with Crippen LogP contribution in [0.25, 0.3) is 0 Å². The van der Waals surface area contributed by atoms with Crippen molar-refractivity contribution in [1.82, 2.24) is 0 Å². The zero-order valence-corrected chi connectivity index (χ0v) is 11.4. The fraction of sp³-hybridized carbons (Fsp3) is 0.333. The first-order chi connectivity index (χ1) is 7.61. The van der Waals surface area contributed by atoms with Gasteiger partial charge in [-0.3, -0.25) is 0 Å². The Bertz CT molecular complexity index is 412. The highest BCUT2D eigenvalue weighted by atomic mass is 32.2. The summed E-state index contributed by atoms with van der Waals surface area (Å²) in [5.74, 6) is 2.38. The van der Waals surface area contributed by atoms with Crippen LogP contribution >= 0.6 is 19.7 Å². The van der Waals surface area contributed by atoms with Crippen molar-refractivity contribution >= 4 is 30.7 Å². The number of anilines is 1. The third-order valence-corrected chi connectivity index (χ3v) is 4.26. The molecule has 0 amide bonds. The van der Waals surface area contributed by atoms with Gasteiger partial charge in [-0.15, -0.1) is 18.2 Å². The predicted octanol–water partition coefficient (Wildman–Crippen LogP) is 2.96. The molecule has 4 heteroatoms. The zero-order chi connectivity index (χ0) is 12.1. The van der Waals surface area contributed by atoms with Crippen LogP contribution in [0.1, 0.15) is 0 Å². The Balaban J connectivity index is 3.14. The first-order valence-electron chi connectivity index (χ1n) is 4.83. The topological polar surface area (TPSA) is 12.0 Å². The highest BCUT2D eigenvalue weighted by Gasteiger charge is 2.14. The van der Waals surface area contributed by atoms with Crippen molar-refractivity contribution in [2.24, 2.45) is 0 Å². The number of rotatable bonds is 4. The van der Waals surface area contributed by atoms with Gasteiger partial charge in [-0.05, 0) is 31.7 Å². The lowest BCUT2D eigenvalue weighted by Crippen LogP contribution is -2.10. The zero-order valence-electron chi connectivity index (χ0n) is 9.67. The van der Waals surface area contributed by atoms with Crippen LogP contribution in [0.4, 0.5) is 10.1 Å². The second-order valence-electron chi connectivity index (χ2n) is 3.43. The second-order valence-corrected chi connectivity index (χ2v) is 6.52. The summed E-state index contributed by atoms with van der Waals surface area (Å²) in [6.45, 7) is 4.51. The van der Waals surface area contributed by atoms with Crippen LogP contribution in [0, 0.1) is 18.2 Å². The molecule has 0 spiro atoms. The Hall–Kier alpha value is -0.710. The van der Waals surface area contributed by atoms with E-state index in [1.165, 1.54) is 11.8 Å². The largest absolute Gasteiger partial charge is 0.373 e. The standard InChI is InChI=1S/C12H15FNPS/c1-5-8-14-9-6-7-10(15(2)3)11(13)12(9)16-4/h1,6-7,14H,8H2,2-4H3. The van der Waals surface area contributed by atoms with E-state index in [1.807, 2.05) is 31.7 Å². The van der Waals surface area contributed by atoms with Crippen LogP contribution < -0.4 is 10.6 Å². The minimum absolute atomic E-state index is 0.106. The van der Waals surface area contributed by atoms with E-state index in [-0.39, 0.29) is 5.82 Å². The fourth-order valence-corrected chi connectivity index (χ4v) is 2.98. The Morgan fingerprint density at radius 2 is 2.19 bits per heavy atom. The monoisotopic (exact) mass is 255 g/mol. The summed E-state index contributed by atoms with van der Waals surface area (Å²) in [4.78, 5) is 0.656. The van der Waals surface area contributed by atoms with Gasteiger partial charge in [-0.1, -0.05) is 13.8 Å². The number of halogens is 1. The van der Waals surface area contributed by atoms with Gasteiger partial charge in [-0.25, -0.2) is 4.39 Å². The molecule has 0 aromatic heterocycles. The van der Waals surface area contributed by atoms with Gasteiger partial charge < -0.3 is 5.32 Å². The van der Waals surface area contributed by atoms with Crippen LogP contribution in [0.15, 0.2) is 17.0 Å². The van der Waals surface area contributed by atoms with E-state index in [9.17, 15) is 4.39 Å². The van der Waals surface area contributed by atoms with Gasteiger partial charge in [0.1, 0.15) is 5.82 Å². The number of hydrogen-bond donors (Lipinski definition) is 1. The maximum Gasteiger partial charge on any atom is 0.146 e. The minimum atomic E-state index is -0.420. The molecule has 1 aromatic carbocycles. The number of thioether (sulfide) groups is 1. The average molecular weight is 255 g/mol. The van der Waals surface area contributed by atoms with Gasteiger partial charge in [-0.2, -0.15) is 0 Å². The molecule has 0 heterocycles. The average Bonchev–Trinajstić information content (AvgIpc) is 2.25. The lowest BCUT2D eigenvalue weighted by molar-refractivity contribution is 0.612. The molecule has 0 fully saturated rings. The fourth-order valence-electron chi connectivity index (χ4n) is 1.38. The molecule has 0 radical (unpaired) electrons. The Morgan fingerprint density at radius 1 is 1.50 bits per heavy atom. The van der Waals surface area contributed by atoms with E-state index in [2.05, 4.69) is 11.2 Å². The van der Waals surface area contributed by atoms with Crippen molar-refractivity contribution in [2.75, 3.05) is 31.4 Å². The van der Waals surface area contributed by atoms with Gasteiger partial charge >= 0.3 is 0 Å². The smallest absolute Gasteiger partial charge is 0.146 e. The molecule has 86 valence electrons. The lowest BCUT2D eigenvalue weighted by atomic mass is 10.3. The lowest BCUT2D eigenvalue weighted by Gasteiger charge is -2.14. The summed E-state index contributed by atoms with van der Waals surface area (Å²) < 4.78 is 14.1. The van der Waals surface area contributed by atoms with Gasteiger partial charge in [0, 0.05) is 5.30 Å². The van der Waals surface area contributed by atoms with Crippen LogP contribution in [-0.4, -0.2) is 26.1 Å². The van der Waals surface area contributed by atoms with Crippen LogP contribution in [0.2, 0.25) is 0 Å². The van der Waals surface area contributed by atoms with Gasteiger partial charge in [0.2, 0.25) is 0 Å². The third kappa shape index (κ3) is 2.90. The number of terminal acetylenes is 1. The van der Waals surface area contributed by atoms with Gasteiger partial charge in [0.25, 0.3) is 0 Å². The van der Waals surface area contributed by atoms with Gasteiger partial charge in [0.15, 0.2) is 0 Å². The molecule has 1 rings (SSSR count). The highest BCUT2D eigenvalue weighted by molar-refractivity contribution is 7.98. The summed E-state index contributed by atoms with van der Waals surface area (Å²) in [7, 11) is -0.420. The number of benzene rings is 1. The first kappa shape index (κ1) is 13.4. The quantitative estimate of drug-likeness (QED) is 0.504. The molecule has 0 aliphatic carbocycles. The summed E-state index contributed by atoms with van der Waals surface area (Å²) in [5.41, 5.74) is 0.781. The molecule has 1 N–H and O–H groups in total. The molecule has 0 aliphatic heterocycles. The third-order valence-electron chi connectivity index (χ3n) is 2.14. The van der Waals surface area contributed by atoms with E-state index >= 15 is 0 Å². The number of hydrogen-bond acceptors (Lipinski definition) is 2. The van der Waals surface area contributed by atoms with Crippen molar-refractivity contribution in [2.45, 2.75) is 4.90 Å². The van der Waals surface area contributed by atoms with Crippen molar-refractivity contribution in [3.05, 3.63) is 17.9 Å². The van der Waals surface area contributed by atoms with Crippen molar-refractivity contribution < 1.29 is 4.39 Å². The summed E-state index contributed by atoms with van der Waals surface area (Å²) in [5, 5.41) is 3.84. The van der Waals surface area contributed by atoms with Gasteiger partial charge in [0.05, 0.1) is 17.1 Å². The molecule has 1 nitrogen and oxygen atoms in total. The number of nitrogens with one attached hydrogen (secondary N) is 1. The maximum atomic E-state index is 14.1. The molecule has 0 bridgehead atoms. The predicted molar refractivity (Wildman–Crippen MR) is 73.9 cm³/mol. The van der Waals surface area contributed by atoms with E-state index in [1.54, 1.807) is 0 Å². The molecule has 1 aromatic rings. The Morgan fingerprint density at radius 3 is 2.69 bits per heavy atom. The van der Waals surface area contributed by atoms with Crippen molar-refractivity contribution in [3.63, 3.8) is 0 Å². The Labute approximate surface area is 102 Å². The highest BCUT2D eigenvalue weighted by Crippen LogP contribution is 2.33. The molecular formula is C12H15FNPS. The van der Waals surface area contributed by atoms with Crippen molar-refractivity contribution in [1.29, 1.82) is 0 Å². The molecule has 0 aliphatic rings. The summed E-state index contributed by atoms with van der Waals surface area (Å²) >= 11 is 1.41. The van der Waals surface area contributed by atoms with Crippen LogP contribution in [0.3, 0.4) is 0 Å². The molecule has 0 saturated heterocycles. The van der Waals surface area contributed by atoms with E-state index in [0.717, 1.165) is 11.0 Å². The maximum absolute atomic E-state index is 14.1. The first-order valence-corrected chi connectivity index (χ1v) is 8.29. The molecule has 0 atom stereocenters. The second kappa shape index (κ2) is 6.13. The normalized spacial score (nSPS) is 10.2. The summed E-state index contributed by atoms with van der Waals surface area (Å²) in [6, 6.07) is 3.75. The molecule has 0 saturated carbocycles. The SMILES string of the molecule is C#CCNc1ccc(P(C)C)c(F)c1SC. The van der Waals surface area contributed by atoms with E-state index < -0.39 is 7.92 Å². The molecule has 16 heavy (non-hydrogen) atoms. The molecule has 0 unspecified atom stereocenters. The summed E-state index contributed by atoms with van der Waals surface area (Å²) in [6.07, 6.45) is 7.05. The van der Waals surface area contributed by atoms with Crippen LogP contribution in [0.5, 0.6) is 0 Å². The molecular weight excluding hydrogens is 240 g/mol. The minimum Gasteiger partial charge on any atom is -0.373 e. The van der Waals surface area contributed by atoms with E-state index in [4.69, 9.17) is 6.42 Å². The van der Waals surface area contributed by atoms with E-state index in [0.29, 0.717) is 11.4 Å². The Kier molecular flexibility index (Phi) is 5.12. The van der Waals surface area contributed by atoms with Crippen molar-refractivity contribution in [3.8, 4) is 12.3 Å². The van der Waals surface area contributed by atoms with Crippen LogP contribution in [-0.2, 0) is 0 Å².